The van der Waals surface area contributed by atoms with Crippen LogP contribution >= 0.6 is 0 Å². The zero-order chi connectivity index (χ0) is 14.7. The van der Waals surface area contributed by atoms with Crippen LogP contribution in [0.4, 0.5) is 5.82 Å². The van der Waals surface area contributed by atoms with Gasteiger partial charge in [-0.1, -0.05) is 0 Å². The molecule has 2 heterocycles. The van der Waals surface area contributed by atoms with Crippen LogP contribution in [-0.2, 0) is 22.4 Å². The van der Waals surface area contributed by atoms with Gasteiger partial charge in [-0.05, 0) is 37.8 Å². The minimum absolute atomic E-state index is 0.0801. The average Bonchev–Trinajstić information content (AvgIpc) is 3.00. The van der Waals surface area contributed by atoms with Gasteiger partial charge in [0.05, 0.1) is 5.69 Å². The predicted molar refractivity (Wildman–Crippen MR) is 79.3 cm³/mol. The lowest BCUT2D eigenvalue weighted by Crippen LogP contribution is -2.50. The summed E-state index contributed by atoms with van der Waals surface area (Å²) in [6.07, 6.45) is 3.36. The highest BCUT2D eigenvalue weighted by atomic mass is 16.5. The number of nitrogens with zero attached hydrogens (tertiary/aromatic N) is 4. The largest absolute Gasteiger partial charge is 0.372 e. The highest BCUT2D eigenvalue weighted by Crippen LogP contribution is 2.23. The standard InChI is InChI=1S/C15H22N4O2/c1-2-21-11-15(20)19-8-6-18(7-9-19)14-10-12-4-3-5-13(12)16-17-14/h10H,2-9,11H2,1H3. The Labute approximate surface area is 125 Å². The van der Waals surface area contributed by atoms with E-state index < -0.39 is 0 Å². The number of piperazine rings is 1. The van der Waals surface area contributed by atoms with Gasteiger partial charge in [-0.25, -0.2) is 0 Å². The van der Waals surface area contributed by atoms with Gasteiger partial charge in [-0.15, -0.1) is 5.10 Å². The second-order valence-corrected chi connectivity index (χ2v) is 5.53. The van der Waals surface area contributed by atoms with Gasteiger partial charge < -0.3 is 14.5 Å². The van der Waals surface area contributed by atoms with Gasteiger partial charge in [0.2, 0.25) is 5.91 Å². The number of aryl methyl sites for hydroxylation is 2. The van der Waals surface area contributed by atoms with Crippen molar-refractivity contribution >= 4 is 11.7 Å². The van der Waals surface area contributed by atoms with Crippen LogP contribution in [0.1, 0.15) is 24.6 Å². The van der Waals surface area contributed by atoms with Crippen LogP contribution < -0.4 is 4.90 Å². The summed E-state index contributed by atoms with van der Waals surface area (Å²) in [6, 6.07) is 2.17. The number of hydrogen-bond acceptors (Lipinski definition) is 5. The maximum absolute atomic E-state index is 11.9. The molecule has 3 rings (SSSR count). The number of ether oxygens (including phenoxy) is 1. The SMILES string of the molecule is CCOCC(=O)N1CCN(c2cc3c(nn2)CCC3)CC1. The molecule has 1 aromatic rings. The minimum Gasteiger partial charge on any atom is -0.372 e. The van der Waals surface area contributed by atoms with Gasteiger partial charge in [0.1, 0.15) is 6.61 Å². The van der Waals surface area contributed by atoms with E-state index >= 15 is 0 Å². The van der Waals surface area contributed by atoms with Crippen molar-refractivity contribution in [3.8, 4) is 0 Å². The smallest absolute Gasteiger partial charge is 0.248 e. The first-order valence-electron chi connectivity index (χ1n) is 7.74. The van der Waals surface area contributed by atoms with Gasteiger partial charge >= 0.3 is 0 Å². The van der Waals surface area contributed by atoms with Crippen LogP contribution in [0, 0.1) is 0 Å². The molecule has 114 valence electrons. The Morgan fingerprint density at radius 1 is 1.24 bits per heavy atom. The van der Waals surface area contributed by atoms with E-state index in [1.807, 2.05) is 11.8 Å². The van der Waals surface area contributed by atoms with Crippen molar-refractivity contribution in [2.75, 3.05) is 44.3 Å². The quantitative estimate of drug-likeness (QED) is 0.815. The molecule has 1 aromatic heterocycles. The average molecular weight is 290 g/mol. The molecule has 1 amide bonds. The molecule has 1 aliphatic carbocycles. The van der Waals surface area contributed by atoms with Crippen molar-refractivity contribution in [1.29, 1.82) is 0 Å². The van der Waals surface area contributed by atoms with Crippen molar-refractivity contribution in [1.82, 2.24) is 15.1 Å². The fraction of sp³-hybridized carbons (Fsp3) is 0.667. The van der Waals surface area contributed by atoms with E-state index in [0.717, 1.165) is 50.5 Å². The number of amides is 1. The van der Waals surface area contributed by atoms with Crippen molar-refractivity contribution in [2.45, 2.75) is 26.2 Å². The number of hydrogen-bond donors (Lipinski definition) is 0. The van der Waals surface area contributed by atoms with Crippen LogP contribution in [0.25, 0.3) is 0 Å². The summed E-state index contributed by atoms with van der Waals surface area (Å²) in [4.78, 5) is 16.0. The Balaban J connectivity index is 1.57. The molecular formula is C15H22N4O2. The Morgan fingerprint density at radius 2 is 2.05 bits per heavy atom. The molecule has 0 N–H and O–H groups in total. The van der Waals surface area contributed by atoms with Crippen molar-refractivity contribution < 1.29 is 9.53 Å². The Hall–Kier alpha value is -1.69. The first kappa shape index (κ1) is 14.3. The van der Waals surface area contributed by atoms with E-state index in [1.165, 1.54) is 12.0 Å². The molecule has 0 unspecified atom stereocenters. The molecule has 21 heavy (non-hydrogen) atoms. The Kier molecular flexibility index (Phi) is 4.34. The Bertz CT molecular complexity index is 512. The summed E-state index contributed by atoms with van der Waals surface area (Å²) in [5.41, 5.74) is 2.50. The molecule has 0 aromatic carbocycles. The minimum atomic E-state index is 0.0801. The maximum atomic E-state index is 11.9. The zero-order valence-corrected chi connectivity index (χ0v) is 12.5. The molecule has 1 fully saturated rings. The summed E-state index contributed by atoms with van der Waals surface area (Å²) in [5, 5.41) is 8.68. The van der Waals surface area contributed by atoms with E-state index in [0.29, 0.717) is 6.61 Å². The van der Waals surface area contributed by atoms with Crippen molar-refractivity contribution in [3.63, 3.8) is 0 Å². The van der Waals surface area contributed by atoms with Crippen molar-refractivity contribution in [2.24, 2.45) is 0 Å². The fourth-order valence-electron chi connectivity index (χ4n) is 2.94. The lowest BCUT2D eigenvalue weighted by Gasteiger charge is -2.35. The third-order valence-electron chi connectivity index (χ3n) is 4.19. The van der Waals surface area contributed by atoms with Crippen LogP contribution in [0.5, 0.6) is 0 Å². The number of aromatic nitrogens is 2. The molecule has 0 spiro atoms. The van der Waals surface area contributed by atoms with Gasteiger partial charge in [-0.2, -0.15) is 5.10 Å². The topological polar surface area (TPSA) is 58.6 Å². The van der Waals surface area contributed by atoms with Gasteiger partial charge in [0.25, 0.3) is 0 Å². The second-order valence-electron chi connectivity index (χ2n) is 5.53. The van der Waals surface area contributed by atoms with E-state index in [4.69, 9.17) is 4.74 Å². The number of anilines is 1. The summed E-state index contributed by atoms with van der Waals surface area (Å²) in [6.45, 7) is 5.75. The molecule has 0 saturated carbocycles. The third-order valence-corrected chi connectivity index (χ3v) is 4.19. The summed E-state index contributed by atoms with van der Waals surface area (Å²) < 4.78 is 5.18. The van der Waals surface area contributed by atoms with Gasteiger partial charge in [0.15, 0.2) is 5.82 Å². The Morgan fingerprint density at radius 3 is 2.81 bits per heavy atom. The van der Waals surface area contributed by atoms with Crippen LogP contribution in [0.2, 0.25) is 0 Å². The molecule has 1 aliphatic heterocycles. The molecule has 0 radical (unpaired) electrons. The van der Waals surface area contributed by atoms with E-state index in [-0.39, 0.29) is 12.5 Å². The maximum Gasteiger partial charge on any atom is 0.248 e. The number of rotatable bonds is 4. The summed E-state index contributed by atoms with van der Waals surface area (Å²) in [7, 11) is 0. The van der Waals surface area contributed by atoms with E-state index in [9.17, 15) is 4.79 Å². The highest BCUT2D eigenvalue weighted by Gasteiger charge is 2.23. The number of fused-ring (bicyclic) bond motifs is 1. The van der Waals surface area contributed by atoms with Gasteiger partial charge in [0, 0.05) is 32.8 Å². The lowest BCUT2D eigenvalue weighted by molar-refractivity contribution is -0.136. The fourth-order valence-corrected chi connectivity index (χ4v) is 2.94. The first-order valence-corrected chi connectivity index (χ1v) is 7.74. The summed E-state index contributed by atoms with van der Waals surface area (Å²) >= 11 is 0. The lowest BCUT2D eigenvalue weighted by atomic mass is 10.2. The second kappa shape index (κ2) is 6.39. The van der Waals surface area contributed by atoms with Gasteiger partial charge in [-0.3, -0.25) is 4.79 Å². The van der Waals surface area contributed by atoms with Crippen LogP contribution in [-0.4, -0.2) is 60.4 Å². The predicted octanol–water partition coefficient (Wildman–Crippen LogP) is 0.650. The van der Waals surface area contributed by atoms with Crippen LogP contribution in [0.15, 0.2) is 6.07 Å². The molecule has 6 nitrogen and oxygen atoms in total. The first-order chi connectivity index (χ1) is 10.3. The highest BCUT2D eigenvalue weighted by molar-refractivity contribution is 5.77. The van der Waals surface area contributed by atoms with E-state index in [2.05, 4.69) is 21.2 Å². The zero-order valence-electron chi connectivity index (χ0n) is 12.5. The molecule has 6 heteroatoms. The monoisotopic (exact) mass is 290 g/mol. The van der Waals surface area contributed by atoms with Crippen molar-refractivity contribution in [3.05, 3.63) is 17.3 Å². The third kappa shape index (κ3) is 3.15. The summed E-state index contributed by atoms with van der Waals surface area (Å²) in [5.74, 6) is 1.03. The molecule has 0 bridgehead atoms. The number of carbonyl (C=O) groups is 1. The molecule has 0 atom stereocenters. The normalized spacial score (nSPS) is 18.0. The molecular weight excluding hydrogens is 268 g/mol. The van der Waals surface area contributed by atoms with Crippen LogP contribution in [0.3, 0.4) is 0 Å². The number of carbonyl (C=O) groups excluding carboxylic acids is 1. The molecule has 1 saturated heterocycles. The van der Waals surface area contributed by atoms with E-state index in [1.54, 1.807) is 0 Å². The molecule has 2 aliphatic rings.